The molecule has 4 aromatic heterocycles. The quantitative estimate of drug-likeness (QED) is 0.187. The minimum Gasteiger partial charge on any atom is -0.456 e. The van der Waals surface area contributed by atoms with E-state index >= 15 is 0 Å². The summed E-state index contributed by atoms with van der Waals surface area (Å²) in [4.78, 5) is 10.9. The van der Waals surface area contributed by atoms with Gasteiger partial charge in [0.1, 0.15) is 16.9 Å². The molecule has 0 amide bonds. The molecule has 1 aliphatic carbocycles. The van der Waals surface area contributed by atoms with Gasteiger partial charge in [0.2, 0.25) is 0 Å². The Labute approximate surface area is 301 Å². The molecule has 1 aliphatic rings. The average molecular weight is 675 g/mol. The van der Waals surface area contributed by atoms with E-state index in [9.17, 15) is 0 Å². The molecule has 4 heterocycles. The van der Waals surface area contributed by atoms with E-state index in [-0.39, 0.29) is 0 Å². The first-order valence-electron chi connectivity index (χ1n) is 18.0. The summed E-state index contributed by atoms with van der Waals surface area (Å²) in [6.45, 7) is 0. The summed E-state index contributed by atoms with van der Waals surface area (Å²) in [5, 5.41) is 9.63. The van der Waals surface area contributed by atoms with E-state index in [1.807, 2.05) is 12.1 Å². The van der Waals surface area contributed by atoms with Gasteiger partial charge in [-0.05, 0) is 82.6 Å². The van der Waals surface area contributed by atoms with Crippen molar-refractivity contribution in [2.45, 2.75) is 0 Å². The number of nitrogens with zero attached hydrogens (tertiary/aromatic N) is 4. The lowest BCUT2D eigenvalue weighted by Gasteiger charge is -2.15. The summed E-state index contributed by atoms with van der Waals surface area (Å²) in [5.41, 5.74) is 13.4. The molecule has 0 N–H and O–H groups in total. The van der Waals surface area contributed by atoms with Gasteiger partial charge in [0.15, 0.2) is 5.82 Å². The number of benzene rings is 8. The normalized spacial score (nSPS) is 12.5. The molecular formula is C48H26N4O. The van der Waals surface area contributed by atoms with E-state index in [1.165, 1.54) is 54.3 Å². The van der Waals surface area contributed by atoms with Crippen LogP contribution in [0.5, 0.6) is 0 Å². The van der Waals surface area contributed by atoms with Crippen LogP contribution in [0.4, 0.5) is 0 Å². The van der Waals surface area contributed by atoms with Crippen LogP contribution in [-0.2, 0) is 0 Å². The first-order chi connectivity index (χ1) is 26.3. The van der Waals surface area contributed by atoms with Gasteiger partial charge in [-0.15, -0.1) is 0 Å². The molecule has 0 unspecified atom stereocenters. The van der Waals surface area contributed by atoms with Crippen LogP contribution in [0.3, 0.4) is 0 Å². The Hall–Kier alpha value is -7.24. The molecular weight excluding hydrogens is 649 g/mol. The maximum absolute atomic E-state index is 6.56. The molecule has 0 radical (unpaired) electrons. The van der Waals surface area contributed by atoms with Crippen LogP contribution >= 0.6 is 0 Å². The molecule has 0 spiro atoms. The summed E-state index contributed by atoms with van der Waals surface area (Å²) < 4.78 is 11.3. The molecule has 244 valence electrons. The standard InChI is InChI=1S/C48H26N4O/c1-2-11-29(12-3-1)51-36-18-7-4-13-30(36)31-22-20-28(26-39(31)51)47-48(50-35-17-6-5-16-34(35)49-47)52-37-23-21-27-10-8-14-32-33-15-9-19-40-43(33)46-41(53-40)25-24-38(52)45(46)44(37)42(27)32/h1-26H. The molecule has 0 fully saturated rings. The Morgan fingerprint density at radius 2 is 1.11 bits per heavy atom. The van der Waals surface area contributed by atoms with Gasteiger partial charge in [0.25, 0.3) is 0 Å². The number of aromatic nitrogens is 4. The first kappa shape index (κ1) is 27.5. The van der Waals surface area contributed by atoms with E-state index in [0.29, 0.717) is 0 Å². The van der Waals surface area contributed by atoms with E-state index in [0.717, 1.165) is 66.9 Å². The third-order valence-corrected chi connectivity index (χ3v) is 11.4. The van der Waals surface area contributed by atoms with Gasteiger partial charge in [-0.3, -0.25) is 4.57 Å². The summed E-state index contributed by atoms with van der Waals surface area (Å²) in [7, 11) is 0. The SMILES string of the molecule is c1ccc(-n2c3ccccc3c3ccc(-c4nc5ccccc5nc4-n4c5ccc6cccc7c6c5c5c6c(ccc54)oc4cccc-7c46)cc32)cc1. The molecule has 0 aliphatic heterocycles. The number of hydrogen-bond acceptors (Lipinski definition) is 3. The smallest absolute Gasteiger partial charge is 0.165 e. The van der Waals surface area contributed by atoms with Crippen molar-refractivity contribution in [1.29, 1.82) is 0 Å². The third-order valence-electron chi connectivity index (χ3n) is 11.4. The molecule has 0 saturated heterocycles. The molecule has 0 atom stereocenters. The molecule has 13 rings (SSSR count). The van der Waals surface area contributed by atoms with Crippen LogP contribution in [-0.4, -0.2) is 19.1 Å². The van der Waals surface area contributed by atoms with Gasteiger partial charge in [-0.2, -0.15) is 0 Å². The van der Waals surface area contributed by atoms with Gasteiger partial charge in [-0.1, -0.05) is 97.1 Å². The maximum atomic E-state index is 6.56. The molecule has 8 aromatic carbocycles. The van der Waals surface area contributed by atoms with E-state index in [1.54, 1.807) is 0 Å². The van der Waals surface area contributed by atoms with Crippen molar-refractivity contribution >= 4 is 87.4 Å². The average Bonchev–Trinajstić information content (AvgIpc) is 3.84. The number of rotatable bonds is 3. The highest BCUT2D eigenvalue weighted by molar-refractivity contribution is 6.38. The van der Waals surface area contributed by atoms with Crippen LogP contribution in [0.1, 0.15) is 0 Å². The second-order valence-corrected chi connectivity index (χ2v) is 14.1. The predicted molar refractivity (Wildman–Crippen MR) is 217 cm³/mol. The zero-order valence-corrected chi connectivity index (χ0v) is 28.2. The van der Waals surface area contributed by atoms with Crippen LogP contribution in [0.25, 0.3) is 121 Å². The summed E-state index contributed by atoms with van der Waals surface area (Å²) in [6.07, 6.45) is 0. The summed E-state index contributed by atoms with van der Waals surface area (Å²) >= 11 is 0. The van der Waals surface area contributed by atoms with Gasteiger partial charge < -0.3 is 8.98 Å². The van der Waals surface area contributed by atoms with Crippen molar-refractivity contribution in [2.24, 2.45) is 0 Å². The molecule has 5 nitrogen and oxygen atoms in total. The second kappa shape index (κ2) is 9.75. The van der Waals surface area contributed by atoms with Crippen LogP contribution in [0.15, 0.2) is 162 Å². The fourth-order valence-corrected chi connectivity index (χ4v) is 9.27. The van der Waals surface area contributed by atoms with Gasteiger partial charge in [0, 0.05) is 43.6 Å². The number of hydrogen-bond donors (Lipinski definition) is 0. The van der Waals surface area contributed by atoms with Crippen molar-refractivity contribution in [3.05, 3.63) is 158 Å². The fraction of sp³-hybridized carbons (Fsp3) is 0. The molecule has 0 saturated carbocycles. The number of fused-ring (bicyclic) bond motifs is 5. The predicted octanol–water partition coefficient (Wildman–Crippen LogP) is 12.5. The lowest BCUT2D eigenvalue weighted by atomic mass is 9.95. The molecule has 53 heavy (non-hydrogen) atoms. The van der Waals surface area contributed by atoms with Gasteiger partial charge in [0.05, 0.1) is 33.1 Å². The van der Waals surface area contributed by atoms with Crippen molar-refractivity contribution in [1.82, 2.24) is 19.1 Å². The second-order valence-electron chi connectivity index (χ2n) is 14.1. The van der Waals surface area contributed by atoms with Gasteiger partial charge in [-0.25, -0.2) is 9.97 Å². The highest BCUT2D eigenvalue weighted by atomic mass is 16.3. The fourth-order valence-electron chi connectivity index (χ4n) is 9.27. The zero-order chi connectivity index (χ0) is 34.4. The Kier molecular flexibility index (Phi) is 5.06. The molecule has 5 heteroatoms. The van der Waals surface area contributed by atoms with E-state index in [4.69, 9.17) is 14.4 Å². The minimum absolute atomic E-state index is 0.801. The lowest BCUT2D eigenvalue weighted by Crippen LogP contribution is -2.04. The summed E-state index contributed by atoms with van der Waals surface area (Å²) in [6, 6.07) is 56.2. The topological polar surface area (TPSA) is 48.8 Å². The Bertz CT molecular complexity index is 3570. The monoisotopic (exact) mass is 674 g/mol. The van der Waals surface area contributed by atoms with Crippen LogP contribution in [0.2, 0.25) is 0 Å². The van der Waals surface area contributed by atoms with Gasteiger partial charge >= 0.3 is 0 Å². The Morgan fingerprint density at radius 1 is 0.415 bits per heavy atom. The maximum Gasteiger partial charge on any atom is 0.165 e. The number of para-hydroxylation sites is 4. The molecule has 12 aromatic rings. The largest absolute Gasteiger partial charge is 0.456 e. The molecule has 0 bridgehead atoms. The Morgan fingerprint density at radius 3 is 2.00 bits per heavy atom. The van der Waals surface area contributed by atoms with Crippen LogP contribution < -0.4 is 0 Å². The Balaban J connectivity index is 1.20. The number of furan rings is 1. The lowest BCUT2D eigenvalue weighted by molar-refractivity contribution is 0.669. The van der Waals surface area contributed by atoms with Crippen molar-refractivity contribution < 1.29 is 4.42 Å². The summed E-state index contributed by atoms with van der Waals surface area (Å²) in [5.74, 6) is 0.801. The zero-order valence-electron chi connectivity index (χ0n) is 28.2. The van der Waals surface area contributed by atoms with Crippen molar-refractivity contribution in [3.63, 3.8) is 0 Å². The third kappa shape index (κ3) is 3.46. The van der Waals surface area contributed by atoms with Crippen LogP contribution in [0, 0.1) is 0 Å². The van der Waals surface area contributed by atoms with E-state index in [2.05, 4.69) is 155 Å². The van der Waals surface area contributed by atoms with Crippen molar-refractivity contribution in [2.75, 3.05) is 0 Å². The minimum atomic E-state index is 0.801. The van der Waals surface area contributed by atoms with Crippen molar-refractivity contribution in [3.8, 4) is 33.9 Å². The first-order valence-corrected chi connectivity index (χ1v) is 18.0. The highest BCUT2D eigenvalue weighted by Gasteiger charge is 2.28. The highest BCUT2D eigenvalue weighted by Crippen LogP contribution is 2.51. The van der Waals surface area contributed by atoms with E-state index < -0.39 is 0 Å².